The Morgan fingerprint density at radius 2 is 1.85 bits per heavy atom. The fourth-order valence-electron chi connectivity index (χ4n) is 4.48. The zero-order chi connectivity index (χ0) is 24.4. The van der Waals surface area contributed by atoms with Gasteiger partial charge >= 0.3 is 5.97 Å². The van der Waals surface area contributed by atoms with Crippen LogP contribution in [0, 0.1) is 11.8 Å². The number of thiophene rings is 2. The van der Waals surface area contributed by atoms with Crippen molar-refractivity contribution < 1.29 is 24.2 Å². The quantitative estimate of drug-likeness (QED) is 0.485. The van der Waals surface area contributed by atoms with Crippen molar-refractivity contribution in [3.8, 4) is 9.75 Å². The van der Waals surface area contributed by atoms with Gasteiger partial charge in [-0.05, 0) is 69.7 Å². The van der Waals surface area contributed by atoms with Crippen molar-refractivity contribution in [1.82, 2.24) is 0 Å². The molecule has 0 atom stereocenters. The summed E-state index contributed by atoms with van der Waals surface area (Å²) in [4.78, 5) is 41.3. The SMILES string of the molecule is CC1CCC(C(=O)N(c2cc(-c3ccc(NC(=O)C4=CCCO4)s3)sc2C(=O)O)C(C)C)CC1. The number of carbonyl (C=O) groups excluding carboxylic acids is 2. The van der Waals surface area contributed by atoms with Crippen LogP contribution in [0.4, 0.5) is 10.7 Å². The van der Waals surface area contributed by atoms with Gasteiger partial charge in [-0.1, -0.05) is 6.92 Å². The minimum Gasteiger partial charge on any atom is -0.488 e. The number of anilines is 2. The van der Waals surface area contributed by atoms with Crippen molar-refractivity contribution in [2.24, 2.45) is 11.8 Å². The number of carbonyl (C=O) groups is 3. The summed E-state index contributed by atoms with van der Waals surface area (Å²) in [6.07, 6.45) is 6.22. The van der Waals surface area contributed by atoms with Crippen LogP contribution in [0.25, 0.3) is 9.75 Å². The molecule has 1 aliphatic carbocycles. The standard InChI is InChI=1S/C25H30N2O5S2/c1-14(2)27(24(29)16-8-6-15(3)7-9-16)17-13-20(34-22(17)25(30)31)19-10-11-21(33-19)26-23(28)18-5-4-12-32-18/h5,10-11,13-16H,4,6-9,12H2,1-3H3,(H,26,28)(H,30,31). The lowest BCUT2D eigenvalue weighted by Crippen LogP contribution is -2.42. The van der Waals surface area contributed by atoms with Crippen LogP contribution in [0.2, 0.25) is 0 Å². The first kappa shape index (κ1) is 24.5. The summed E-state index contributed by atoms with van der Waals surface area (Å²) < 4.78 is 5.30. The molecule has 0 bridgehead atoms. The largest absolute Gasteiger partial charge is 0.488 e. The third-order valence-corrected chi connectivity index (χ3v) is 8.61. The Kier molecular flexibility index (Phi) is 7.42. The molecule has 0 aromatic carbocycles. The number of rotatable bonds is 7. The van der Waals surface area contributed by atoms with E-state index in [2.05, 4.69) is 12.2 Å². The summed E-state index contributed by atoms with van der Waals surface area (Å²) >= 11 is 2.52. The van der Waals surface area contributed by atoms with Gasteiger partial charge in [0, 0.05) is 28.1 Å². The first-order chi connectivity index (χ1) is 16.2. The molecule has 1 aliphatic heterocycles. The van der Waals surface area contributed by atoms with Gasteiger partial charge in [0.1, 0.15) is 4.88 Å². The second kappa shape index (κ2) is 10.3. The zero-order valence-corrected chi connectivity index (χ0v) is 21.3. The highest BCUT2D eigenvalue weighted by Gasteiger charge is 2.33. The molecule has 2 aliphatic rings. The van der Waals surface area contributed by atoms with E-state index in [1.54, 1.807) is 23.1 Å². The van der Waals surface area contributed by atoms with E-state index in [9.17, 15) is 19.5 Å². The normalized spacial score (nSPS) is 20.1. The molecule has 34 heavy (non-hydrogen) atoms. The monoisotopic (exact) mass is 502 g/mol. The maximum Gasteiger partial charge on any atom is 0.348 e. The number of carboxylic acids is 1. The highest BCUT2D eigenvalue weighted by Crippen LogP contribution is 2.42. The summed E-state index contributed by atoms with van der Waals surface area (Å²) in [5, 5.41) is 13.4. The molecule has 2 aromatic rings. The van der Waals surface area contributed by atoms with Crippen LogP contribution in [0.1, 0.15) is 62.5 Å². The van der Waals surface area contributed by atoms with Crippen LogP contribution in [-0.2, 0) is 14.3 Å². The Morgan fingerprint density at radius 1 is 1.12 bits per heavy atom. The number of carboxylic acid groups (broad SMARTS) is 1. The number of ether oxygens (including phenoxy) is 1. The van der Waals surface area contributed by atoms with Crippen molar-refractivity contribution in [2.45, 2.75) is 58.9 Å². The fourth-order valence-corrected chi connectivity index (χ4v) is 6.45. The average Bonchev–Trinajstić information content (AvgIpc) is 3.55. The molecule has 4 rings (SSSR count). The third kappa shape index (κ3) is 5.20. The molecular formula is C25H30N2O5S2. The second-order valence-corrected chi connectivity index (χ2v) is 11.3. The Labute approximate surface area is 207 Å². The molecule has 0 unspecified atom stereocenters. The maximum absolute atomic E-state index is 13.5. The number of nitrogens with zero attached hydrogens (tertiary/aromatic N) is 1. The lowest BCUT2D eigenvalue weighted by atomic mass is 9.82. The van der Waals surface area contributed by atoms with E-state index < -0.39 is 5.97 Å². The summed E-state index contributed by atoms with van der Waals surface area (Å²) in [5.41, 5.74) is 0.453. The summed E-state index contributed by atoms with van der Waals surface area (Å²) in [6, 6.07) is 5.29. The number of hydrogen-bond acceptors (Lipinski definition) is 6. The van der Waals surface area contributed by atoms with E-state index in [-0.39, 0.29) is 28.7 Å². The number of nitrogens with one attached hydrogen (secondary N) is 1. The lowest BCUT2D eigenvalue weighted by Gasteiger charge is -2.33. The predicted octanol–water partition coefficient (Wildman–Crippen LogP) is 5.99. The molecule has 2 N–H and O–H groups in total. The van der Waals surface area contributed by atoms with E-state index in [4.69, 9.17) is 4.74 Å². The molecular weight excluding hydrogens is 472 g/mol. The molecule has 0 radical (unpaired) electrons. The van der Waals surface area contributed by atoms with E-state index in [0.29, 0.717) is 29.0 Å². The van der Waals surface area contributed by atoms with E-state index in [0.717, 1.165) is 53.2 Å². The van der Waals surface area contributed by atoms with E-state index >= 15 is 0 Å². The van der Waals surface area contributed by atoms with Crippen molar-refractivity contribution in [1.29, 1.82) is 0 Å². The van der Waals surface area contributed by atoms with Crippen LogP contribution in [-0.4, -0.2) is 35.5 Å². The Bertz CT molecular complexity index is 1110. The number of aromatic carboxylic acids is 1. The van der Waals surface area contributed by atoms with Crippen LogP contribution < -0.4 is 10.2 Å². The van der Waals surface area contributed by atoms with Gasteiger partial charge in [-0.25, -0.2) is 4.79 Å². The molecule has 9 heteroatoms. The van der Waals surface area contributed by atoms with Gasteiger partial charge in [-0.2, -0.15) is 0 Å². The van der Waals surface area contributed by atoms with Crippen molar-refractivity contribution in [2.75, 3.05) is 16.8 Å². The van der Waals surface area contributed by atoms with Crippen LogP contribution in [0.3, 0.4) is 0 Å². The minimum absolute atomic E-state index is 0.0118. The van der Waals surface area contributed by atoms with Crippen molar-refractivity contribution >= 4 is 51.1 Å². The first-order valence-electron chi connectivity index (χ1n) is 11.7. The fraction of sp³-hybridized carbons (Fsp3) is 0.480. The summed E-state index contributed by atoms with van der Waals surface area (Å²) in [7, 11) is 0. The average molecular weight is 503 g/mol. The minimum atomic E-state index is -1.04. The second-order valence-electron chi connectivity index (χ2n) is 9.21. The van der Waals surface area contributed by atoms with E-state index in [1.165, 1.54) is 11.3 Å². The maximum atomic E-state index is 13.5. The van der Waals surface area contributed by atoms with Crippen LogP contribution in [0.15, 0.2) is 30.0 Å². The van der Waals surface area contributed by atoms with Gasteiger partial charge < -0.3 is 20.1 Å². The summed E-state index contributed by atoms with van der Waals surface area (Å²) in [5.74, 6) is -0.439. The van der Waals surface area contributed by atoms with Gasteiger partial charge in [-0.15, -0.1) is 22.7 Å². The smallest absolute Gasteiger partial charge is 0.348 e. The van der Waals surface area contributed by atoms with Gasteiger partial charge in [-0.3, -0.25) is 9.59 Å². The van der Waals surface area contributed by atoms with Crippen LogP contribution >= 0.6 is 22.7 Å². The molecule has 2 aromatic heterocycles. The van der Waals surface area contributed by atoms with Gasteiger partial charge in [0.2, 0.25) is 5.91 Å². The predicted molar refractivity (Wildman–Crippen MR) is 136 cm³/mol. The summed E-state index contributed by atoms with van der Waals surface area (Å²) in [6.45, 7) is 6.57. The van der Waals surface area contributed by atoms with Gasteiger partial charge in [0.25, 0.3) is 5.91 Å². The molecule has 2 amide bonds. The molecule has 0 spiro atoms. The molecule has 3 heterocycles. The van der Waals surface area contributed by atoms with E-state index in [1.807, 2.05) is 19.9 Å². The molecule has 182 valence electrons. The first-order valence-corrected chi connectivity index (χ1v) is 13.3. The Morgan fingerprint density at radius 3 is 2.47 bits per heavy atom. The Hall–Kier alpha value is -2.65. The third-order valence-electron chi connectivity index (χ3n) is 6.30. The zero-order valence-electron chi connectivity index (χ0n) is 19.6. The van der Waals surface area contributed by atoms with Crippen molar-refractivity contribution in [3.05, 3.63) is 34.9 Å². The highest BCUT2D eigenvalue weighted by atomic mass is 32.1. The highest BCUT2D eigenvalue weighted by molar-refractivity contribution is 7.25. The Balaban J connectivity index is 1.59. The van der Waals surface area contributed by atoms with Crippen LogP contribution in [0.5, 0.6) is 0 Å². The molecule has 0 saturated heterocycles. The lowest BCUT2D eigenvalue weighted by molar-refractivity contribution is -0.124. The molecule has 1 fully saturated rings. The molecule has 7 nitrogen and oxygen atoms in total. The van der Waals surface area contributed by atoms with Gasteiger partial charge in [0.15, 0.2) is 5.76 Å². The van der Waals surface area contributed by atoms with Crippen molar-refractivity contribution in [3.63, 3.8) is 0 Å². The van der Waals surface area contributed by atoms with Gasteiger partial charge in [0.05, 0.1) is 17.3 Å². The number of hydrogen-bond donors (Lipinski definition) is 2. The molecule has 1 saturated carbocycles. The topological polar surface area (TPSA) is 95.9 Å². The number of amides is 2.